The van der Waals surface area contributed by atoms with E-state index in [9.17, 15) is 9.59 Å². The summed E-state index contributed by atoms with van der Waals surface area (Å²) in [5.74, 6) is -0.629. The van der Waals surface area contributed by atoms with Crippen molar-refractivity contribution in [2.75, 3.05) is 7.11 Å². The number of methoxy groups -OCH3 is 1. The number of benzene rings is 2. The Morgan fingerprint density at radius 2 is 1.83 bits per heavy atom. The molecule has 0 saturated heterocycles. The molecule has 0 unspecified atom stereocenters. The average Bonchev–Trinajstić information content (AvgIpc) is 2.55. The highest BCUT2D eigenvalue weighted by molar-refractivity contribution is 5.88. The molecule has 1 atom stereocenters. The zero-order valence-corrected chi connectivity index (χ0v) is 13.8. The number of aliphatic carboxylic acids is 1. The number of nitrogens with one attached hydrogen (secondary N) is 1. The summed E-state index contributed by atoms with van der Waals surface area (Å²) < 4.78 is 5.22. The van der Waals surface area contributed by atoms with Crippen LogP contribution in [0.1, 0.15) is 31.2 Å². The quantitative estimate of drug-likeness (QED) is 0.885. The van der Waals surface area contributed by atoms with Gasteiger partial charge in [-0.2, -0.15) is 0 Å². The largest absolute Gasteiger partial charge is 0.497 e. The Kier molecular flexibility index (Phi) is 4.42. The Morgan fingerprint density at radius 3 is 2.50 bits per heavy atom. The maximum atomic E-state index is 12.4. The van der Waals surface area contributed by atoms with E-state index in [-0.39, 0.29) is 23.8 Å². The van der Waals surface area contributed by atoms with Crippen molar-refractivity contribution in [3.8, 4) is 5.75 Å². The fraction of sp³-hybridized carbons (Fsp3) is 0.368. The first-order chi connectivity index (χ1) is 11.5. The minimum absolute atomic E-state index is 0.0224. The summed E-state index contributed by atoms with van der Waals surface area (Å²) >= 11 is 0. The van der Waals surface area contributed by atoms with Crippen LogP contribution in [0.4, 0.5) is 0 Å². The van der Waals surface area contributed by atoms with Gasteiger partial charge in [-0.15, -0.1) is 0 Å². The van der Waals surface area contributed by atoms with E-state index in [2.05, 4.69) is 5.32 Å². The maximum absolute atomic E-state index is 12.4. The Hall–Kier alpha value is -2.56. The third-order valence-electron chi connectivity index (χ3n) is 4.80. The number of carbonyl (C=O) groups is 2. The summed E-state index contributed by atoms with van der Waals surface area (Å²) in [6, 6.07) is 11.8. The van der Waals surface area contributed by atoms with Crippen molar-refractivity contribution in [3.05, 3.63) is 42.0 Å². The first-order valence-electron chi connectivity index (χ1n) is 8.09. The number of ether oxygens (including phenoxy) is 1. The molecule has 0 bridgehead atoms. The predicted molar refractivity (Wildman–Crippen MR) is 91.2 cm³/mol. The summed E-state index contributed by atoms with van der Waals surface area (Å²) in [5.41, 5.74) is 0.944. The molecular formula is C19H21NO4. The Morgan fingerprint density at radius 1 is 1.17 bits per heavy atom. The van der Waals surface area contributed by atoms with E-state index in [1.165, 1.54) is 0 Å². The van der Waals surface area contributed by atoms with E-state index < -0.39 is 5.97 Å². The summed E-state index contributed by atoms with van der Waals surface area (Å²) in [4.78, 5) is 23.2. The molecule has 0 aliphatic heterocycles. The predicted octanol–water partition coefficient (Wildman–Crippen LogP) is 2.93. The Balaban J connectivity index is 1.68. The number of hydrogen-bond acceptors (Lipinski definition) is 3. The molecule has 1 aliphatic carbocycles. The number of hydrogen-bond donors (Lipinski definition) is 2. The lowest BCUT2D eigenvalue weighted by Gasteiger charge is -2.33. The second kappa shape index (κ2) is 6.51. The number of carboxylic acids is 1. The Bertz CT molecular complexity index is 780. The maximum Gasteiger partial charge on any atom is 0.306 e. The number of carboxylic acid groups (broad SMARTS) is 1. The van der Waals surface area contributed by atoms with Gasteiger partial charge in [-0.3, -0.25) is 9.59 Å². The summed E-state index contributed by atoms with van der Waals surface area (Å²) in [7, 11) is 1.64. The van der Waals surface area contributed by atoms with Crippen molar-refractivity contribution in [2.24, 2.45) is 5.92 Å². The third-order valence-corrected chi connectivity index (χ3v) is 4.80. The molecule has 0 aromatic heterocycles. The van der Waals surface area contributed by atoms with Crippen LogP contribution in [0.15, 0.2) is 36.4 Å². The van der Waals surface area contributed by atoms with Gasteiger partial charge in [0.1, 0.15) is 5.75 Å². The second-order valence-electron chi connectivity index (χ2n) is 6.41. The van der Waals surface area contributed by atoms with E-state index in [1.807, 2.05) is 43.3 Å². The number of carbonyl (C=O) groups excluding carboxylic acids is 1. The van der Waals surface area contributed by atoms with Crippen LogP contribution in [0.2, 0.25) is 0 Å². The molecule has 2 aromatic rings. The zero-order chi connectivity index (χ0) is 17.3. The van der Waals surface area contributed by atoms with Gasteiger partial charge in [-0.05, 0) is 48.2 Å². The van der Waals surface area contributed by atoms with Crippen LogP contribution in [-0.2, 0) is 9.59 Å². The normalized spacial score (nSPS) is 20.9. The van der Waals surface area contributed by atoms with Crippen molar-refractivity contribution in [1.82, 2.24) is 5.32 Å². The molecule has 0 heterocycles. The van der Waals surface area contributed by atoms with Gasteiger partial charge in [0, 0.05) is 6.04 Å². The number of amides is 1. The minimum Gasteiger partial charge on any atom is -0.497 e. The summed E-state index contributed by atoms with van der Waals surface area (Å²) in [5, 5.41) is 14.0. The van der Waals surface area contributed by atoms with Gasteiger partial charge in [0.15, 0.2) is 0 Å². The van der Waals surface area contributed by atoms with Crippen LogP contribution in [0.25, 0.3) is 10.8 Å². The molecule has 126 valence electrons. The Labute approximate surface area is 140 Å². The highest BCUT2D eigenvalue weighted by Gasteiger charge is 2.35. The van der Waals surface area contributed by atoms with Gasteiger partial charge >= 0.3 is 5.97 Å². The van der Waals surface area contributed by atoms with Crippen LogP contribution in [0.3, 0.4) is 0 Å². The molecule has 1 saturated carbocycles. The van der Waals surface area contributed by atoms with Gasteiger partial charge < -0.3 is 15.2 Å². The molecule has 2 aromatic carbocycles. The van der Waals surface area contributed by atoms with Gasteiger partial charge in [0.25, 0.3) is 0 Å². The molecule has 1 amide bonds. The van der Waals surface area contributed by atoms with Crippen LogP contribution < -0.4 is 10.1 Å². The molecule has 5 heteroatoms. The van der Waals surface area contributed by atoms with E-state index in [4.69, 9.17) is 9.84 Å². The molecule has 0 spiro atoms. The minimum atomic E-state index is -0.779. The van der Waals surface area contributed by atoms with Crippen molar-refractivity contribution >= 4 is 22.6 Å². The van der Waals surface area contributed by atoms with Crippen LogP contribution in [0.5, 0.6) is 5.75 Å². The average molecular weight is 327 g/mol. The molecule has 1 fully saturated rings. The zero-order valence-electron chi connectivity index (χ0n) is 13.8. The highest BCUT2D eigenvalue weighted by Crippen LogP contribution is 2.29. The highest BCUT2D eigenvalue weighted by atomic mass is 16.5. The summed E-state index contributed by atoms with van der Waals surface area (Å²) in [6.07, 6.45) is 1.04. The standard InChI is InChI=1S/C19H21NO4/c1-11(18(21)20-16-8-15(9-16)19(22)23)12-3-4-14-10-17(24-2)6-5-13(14)7-12/h3-7,10-11,15-16H,8-9H2,1-2H3,(H,20,21)(H,22,23)/t11-,15?,16?/m0/s1. The van der Waals surface area contributed by atoms with Crippen molar-refractivity contribution < 1.29 is 19.4 Å². The molecule has 0 radical (unpaired) electrons. The molecule has 1 aliphatic rings. The van der Waals surface area contributed by atoms with Crippen LogP contribution in [-0.4, -0.2) is 30.1 Å². The fourth-order valence-corrected chi connectivity index (χ4v) is 3.05. The van der Waals surface area contributed by atoms with Crippen molar-refractivity contribution in [1.29, 1.82) is 0 Å². The van der Waals surface area contributed by atoms with Gasteiger partial charge in [0.05, 0.1) is 18.9 Å². The fourth-order valence-electron chi connectivity index (χ4n) is 3.05. The van der Waals surface area contributed by atoms with Gasteiger partial charge in [-0.25, -0.2) is 0 Å². The van der Waals surface area contributed by atoms with Crippen molar-refractivity contribution in [2.45, 2.75) is 31.7 Å². The lowest BCUT2D eigenvalue weighted by Crippen LogP contribution is -2.47. The van der Waals surface area contributed by atoms with E-state index >= 15 is 0 Å². The molecule has 5 nitrogen and oxygen atoms in total. The van der Waals surface area contributed by atoms with E-state index in [1.54, 1.807) is 7.11 Å². The first kappa shape index (κ1) is 16.3. The SMILES string of the molecule is COc1ccc2cc([C@H](C)C(=O)NC3CC(C(=O)O)C3)ccc2c1. The second-order valence-corrected chi connectivity index (χ2v) is 6.41. The van der Waals surface area contributed by atoms with Gasteiger partial charge in [-0.1, -0.05) is 24.3 Å². The number of rotatable bonds is 5. The lowest BCUT2D eigenvalue weighted by molar-refractivity contribution is -0.146. The van der Waals surface area contributed by atoms with Crippen LogP contribution >= 0.6 is 0 Å². The van der Waals surface area contributed by atoms with E-state index in [0.29, 0.717) is 12.8 Å². The monoisotopic (exact) mass is 327 g/mol. The number of fused-ring (bicyclic) bond motifs is 1. The summed E-state index contributed by atoms with van der Waals surface area (Å²) in [6.45, 7) is 1.87. The smallest absolute Gasteiger partial charge is 0.306 e. The lowest BCUT2D eigenvalue weighted by atomic mass is 9.80. The van der Waals surface area contributed by atoms with Crippen molar-refractivity contribution in [3.63, 3.8) is 0 Å². The molecule has 3 rings (SSSR count). The molecular weight excluding hydrogens is 306 g/mol. The molecule has 2 N–H and O–H groups in total. The van der Waals surface area contributed by atoms with Crippen LogP contribution in [0, 0.1) is 5.92 Å². The van der Waals surface area contributed by atoms with Gasteiger partial charge in [0.2, 0.25) is 5.91 Å². The molecule has 24 heavy (non-hydrogen) atoms. The third kappa shape index (κ3) is 3.20. The topological polar surface area (TPSA) is 75.6 Å². The first-order valence-corrected chi connectivity index (χ1v) is 8.09. The van der Waals surface area contributed by atoms with E-state index in [0.717, 1.165) is 22.1 Å².